The number of benzene rings is 1. The summed E-state index contributed by atoms with van der Waals surface area (Å²) in [5, 5.41) is 0. The minimum absolute atomic E-state index is 0.813. The molecule has 4 heteroatoms. The molecule has 0 aliphatic carbocycles. The van der Waals surface area contributed by atoms with E-state index in [1.807, 2.05) is 18.2 Å². The fraction of sp³-hybridized carbons (Fsp3) is 0.231. The first-order valence-electron chi connectivity index (χ1n) is 5.53. The van der Waals surface area contributed by atoms with Crippen molar-refractivity contribution in [2.45, 2.75) is 13.5 Å². The van der Waals surface area contributed by atoms with Crippen molar-refractivity contribution < 1.29 is 0 Å². The first-order chi connectivity index (χ1) is 8.19. The molecule has 2 aromatic rings. The molecule has 0 bridgehead atoms. The zero-order chi connectivity index (χ0) is 12.3. The average molecular weight is 311 g/mol. The molecule has 2 N–H and O–H groups in total. The number of nitrogen functional groups attached to an aromatic ring is 1. The summed E-state index contributed by atoms with van der Waals surface area (Å²) in [6.07, 6.45) is 0. The summed E-state index contributed by atoms with van der Waals surface area (Å²) >= 11 is 5.27. The largest absolute Gasteiger partial charge is 0.399 e. The molecule has 0 unspecified atom stereocenters. The van der Waals surface area contributed by atoms with Gasteiger partial charge in [-0.2, -0.15) is 0 Å². The van der Waals surface area contributed by atoms with Crippen molar-refractivity contribution in [1.82, 2.24) is 0 Å². The van der Waals surface area contributed by atoms with Gasteiger partial charge in [-0.25, -0.2) is 0 Å². The monoisotopic (exact) mass is 310 g/mol. The summed E-state index contributed by atoms with van der Waals surface area (Å²) in [4.78, 5) is 3.66. The molecule has 0 fully saturated rings. The maximum Gasteiger partial charge on any atom is 0.0702 e. The van der Waals surface area contributed by atoms with Crippen LogP contribution in [-0.4, -0.2) is 6.54 Å². The highest BCUT2D eigenvalue weighted by Gasteiger charge is 2.07. The van der Waals surface area contributed by atoms with E-state index in [1.54, 1.807) is 11.3 Å². The molecule has 90 valence electrons. The molecule has 1 heterocycles. The highest BCUT2D eigenvalue weighted by molar-refractivity contribution is 9.11. The molecule has 0 saturated heterocycles. The Morgan fingerprint density at radius 1 is 1.29 bits per heavy atom. The number of nitrogens with two attached hydrogens (primary N) is 1. The second kappa shape index (κ2) is 5.56. The molecule has 17 heavy (non-hydrogen) atoms. The van der Waals surface area contributed by atoms with Gasteiger partial charge in [0.25, 0.3) is 0 Å². The van der Waals surface area contributed by atoms with E-state index < -0.39 is 0 Å². The number of rotatable bonds is 4. The molecule has 1 aromatic heterocycles. The Balaban J connectivity index is 2.16. The molecule has 0 aliphatic rings. The number of nitrogens with zero attached hydrogens (tertiary/aromatic N) is 1. The lowest BCUT2D eigenvalue weighted by atomic mass is 10.2. The summed E-state index contributed by atoms with van der Waals surface area (Å²) in [6, 6.07) is 12.3. The Kier molecular flexibility index (Phi) is 4.07. The zero-order valence-corrected chi connectivity index (χ0v) is 12.1. The maximum atomic E-state index is 5.82. The predicted molar refractivity (Wildman–Crippen MR) is 79.6 cm³/mol. The van der Waals surface area contributed by atoms with Gasteiger partial charge in [-0.05, 0) is 53.2 Å². The third kappa shape index (κ3) is 3.23. The number of halogens is 1. The molecule has 1 aromatic carbocycles. The summed E-state index contributed by atoms with van der Waals surface area (Å²) in [7, 11) is 0. The number of hydrogen-bond donors (Lipinski definition) is 1. The standard InChI is InChI=1S/C13H15BrN2S/c1-2-16(9-12-6-7-13(14)17-12)11-5-3-4-10(15)8-11/h3-8H,2,9,15H2,1H3. The van der Waals surface area contributed by atoms with Gasteiger partial charge < -0.3 is 10.6 Å². The lowest BCUT2D eigenvalue weighted by molar-refractivity contribution is 0.843. The number of hydrogen-bond acceptors (Lipinski definition) is 3. The van der Waals surface area contributed by atoms with Crippen molar-refractivity contribution in [2.24, 2.45) is 0 Å². The SMILES string of the molecule is CCN(Cc1ccc(Br)s1)c1cccc(N)c1. The lowest BCUT2D eigenvalue weighted by Gasteiger charge is -2.22. The normalized spacial score (nSPS) is 10.5. The van der Waals surface area contributed by atoms with Crippen molar-refractivity contribution in [3.8, 4) is 0 Å². The van der Waals surface area contributed by atoms with E-state index in [1.165, 1.54) is 14.4 Å². The highest BCUT2D eigenvalue weighted by atomic mass is 79.9. The minimum atomic E-state index is 0.813. The molecule has 2 rings (SSSR count). The van der Waals surface area contributed by atoms with Crippen LogP contribution in [0.2, 0.25) is 0 Å². The van der Waals surface area contributed by atoms with Gasteiger partial charge in [0.05, 0.1) is 10.3 Å². The van der Waals surface area contributed by atoms with Crippen LogP contribution in [0, 0.1) is 0 Å². The molecule has 2 nitrogen and oxygen atoms in total. The van der Waals surface area contributed by atoms with E-state index in [-0.39, 0.29) is 0 Å². The molecule has 0 aliphatic heterocycles. The van der Waals surface area contributed by atoms with E-state index in [0.29, 0.717) is 0 Å². The van der Waals surface area contributed by atoms with Crippen LogP contribution in [0.4, 0.5) is 11.4 Å². The van der Waals surface area contributed by atoms with Crippen LogP contribution in [0.1, 0.15) is 11.8 Å². The average Bonchev–Trinajstić information content (AvgIpc) is 2.72. The van der Waals surface area contributed by atoms with E-state index in [4.69, 9.17) is 5.73 Å². The Bertz CT molecular complexity index is 496. The van der Waals surface area contributed by atoms with E-state index in [9.17, 15) is 0 Å². The van der Waals surface area contributed by atoms with Crippen molar-refractivity contribution in [1.29, 1.82) is 0 Å². The molecule has 0 spiro atoms. The van der Waals surface area contributed by atoms with Crippen molar-refractivity contribution in [2.75, 3.05) is 17.2 Å². The molecule has 0 atom stereocenters. The molecule has 0 saturated carbocycles. The molecular weight excluding hydrogens is 296 g/mol. The van der Waals surface area contributed by atoms with Crippen molar-refractivity contribution >= 4 is 38.6 Å². The van der Waals surface area contributed by atoms with Gasteiger partial charge in [0.15, 0.2) is 0 Å². The smallest absolute Gasteiger partial charge is 0.0702 e. The third-order valence-electron chi connectivity index (χ3n) is 2.59. The Morgan fingerprint density at radius 2 is 2.12 bits per heavy atom. The molecule has 0 radical (unpaired) electrons. The zero-order valence-electron chi connectivity index (χ0n) is 9.69. The van der Waals surface area contributed by atoms with Crippen LogP contribution in [0.5, 0.6) is 0 Å². The first kappa shape index (κ1) is 12.5. The summed E-state index contributed by atoms with van der Waals surface area (Å²) in [5.74, 6) is 0. The van der Waals surface area contributed by atoms with Crippen LogP contribution in [0.3, 0.4) is 0 Å². The van der Waals surface area contributed by atoms with Gasteiger partial charge in [-0.15, -0.1) is 11.3 Å². The van der Waals surface area contributed by atoms with E-state index in [0.717, 1.165) is 18.8 Å². The quantitative estimate of drug-likeness (QED) is 0.861. The number of thiophene rings is 1. The van der Waals surface area contributed by atoms with Gasteiger partial charge in [-0.1, -0.05) is 6.07 Å². The van der Waals surface area contributed by atoms with Gasteiger partial charge in [0.1, 0.15) is 0 Å². The van der Waals surface area contributed by atoms with Crippen LogP contribution in [0.15, 0.2) is 40.2 Å². The fourth-order valence-corrected chi connectivity index (χ4v) is 3.23. The van der Waals surface area contributed by atoms with Crippen LogP contribution in [0.25, 0.3) is 0 Å². The second-order valence-electron chi connectivity index (χ2n) is 3.81. The first-order valence-corrected chi connectivity index (χ1v) is 7.14. The van der Waals surface area contributed by atoms with Crippen LogP contribution in [-0.2, 0) is 6.54 Å². The lowest BCUT2D eigenvalue weighted by Crippen LogP contribution is -2.21. The summed E-state index contributed by atoms with van der Waals surface area (Å²) in [6.45, 7) is 4.06. The van der Waals surface area contributed by atoms with Gasteiger partial charge in [0.2, 0.25) is 0 Å². The topological polar surface area (TPSA) is 29.3 Å². The second-order valence-corrected chi connectivity index (χ2v) is 6.36. The summed E-state index contributed by atoms with van der Waals surface area (Å²) in [5.41, 5.74) is 7.81. The Morgan fingerprint density at radius 3 is 2.71 bits per heavy atom. The van der Waals surface area contributed by atoms with Gasteiger partial charge in [0, 0.05) is 22.8 Å². The van der Waals surface area contributed by atoms with Crippen molar-refractivity contribution in [3.05, 3.63) is 45.1 Å². The Hall–Kier alpha value is -1.00. The third-order valence-corrected chi connectivity index (χ3v) is 4.20. The summed E-state index contributed by atoms with van der Waals surface area (Å²) < 4.78 is 1.18. The highest BCUT2D eigenvalue weighted by Crippen LogP contribution is 2.26. The van der Waals surface area contributed by atoms with E-state index in [2.05, 4.69) is 46.0 Å². The molecule has 0 amide bonds. The van der Waals surface area contributed by atoms with Gasteiger partial charge >= 0.3 is 0 Å². The van der Waals surface area contributed by atoms with Crippen LogP contribution < -0.4 is 10.6 Å². The van der Waals surface area contributed by atoms with Gasteiger partial charge in [-0.3, -0.25) is 0 Å². The molecular formula is C13H15BrN2S. The van der Waals surface area contributed by atoms with Crippen molar-refractivity contribution in [3.63, 3.8) is 0 Å². The fourth-order valence-electron chi connectivity index (χ4n) is 1.73. The van der Waals surface area contributed by atoms with E-state index >= 15 is 0 Å². The van der Waals surface area contributed by atoms with Crippen LogP contribution >= 0.6 is 27.3 Å². The predicted octanol–water partition coefficient (Wildman–Crippen LogP) is 4.12. The minimum Gasteiger partial charge on any atom is -0.399 e. The number of anilines is 2. The maximum absolute atomic E-state index is 5.82. The Labute approximate surface area is 114 Å².